The number of nitrogens with two attached hydrogens (primary N) is 1. The Bertz CT molecular complexity index is 215. The summed E-state index contributed by atoms with van der Waals surface area (Å²) in [5.74, 6) is 0.710. The summed E-state index contributed by atoms with van der Waals surface area (Å²) in [5.41, 5.74) is 6.73. The minimum absolute atomic E-state index is 0.0686. The molecular formula is C8H13N3. The van der Waals surface area contributed by atoms with Gasteiger partial charge in [-0.25, -0.2) is 9.97 Å². The number of hydrogen-bond acceptors (Lipinski definition) is 3. The van der Waals surface area contributed by atoms with Crippen molar-refractivity contribution in [1.82, 2.24) is 9.97 Å². The van der Waals surface area contributed by atoms with Crippen LogP contribution in [0.1, 0.15) is 31.3 Å². The fourth-order valence-electron chi connectivity index (χ4n) is 0.782. The van der Waals surface area contributed by atoms with Gasteiger partial charge in [0.15, 0.2) is 0 Å². The van der Waals surface area contributed by atoms with Gasteiger partial charge in [-0.15, -0.1) is 0 Å². The smallest absolute Gasteiger partial charge is 0.144 e. The van der Waals surface area contributed by atoms with Crippen molar-refractivity contribution in [2.75, 3.05) is 0 Å². The van der Waals surface area contributed by atoms with Gasteiger partial charge in [0.1, 0.15) is 5.82 Å². The second-order valence-electron chi connectivity index (χ2n) is 2.59. The molecule has 0 aromatic carbocycles. The summed E-state index contributed by atoms with van der Waals surface area (Å²) in [6.45, 7) is 3.95. The lowest BCUT2D eigenvalue weighted by molar-refractivity contribution is 0.734. The van der Waals surface area contributed by atoms with Crippen LogP contribution in [0.2, 0.25) is 0 Å². The molecule has 2 N–H and O–H groups in total. The minimum Gasteiger partial charge on any atom is -0.322 e. The lowest BCUT2D eigenvalue weighted by atomic mass is 10.2. The third-order valence-corrected chi connectivity index (χ3v) is 1.54. The molecule has 1 heterocycles. The minimum atomic E-state index is -0.0686. The lowest BCUT2D eigenvalue weighted by Gasteiger charge is -2.02. The molecule has 0 bridgehead atoms. The summed E-state index contributed by atoms with van der Waals surface area (Å²) < 4.78 is 0. The zero-order chi connectivity index (χ0) is 8.27. The van der Waals surface area contributed by atoms with E-state index in [-0.39, 0.29) is 6.04 Å². The summed E-state index contributed by atoms with van der Waals surface area (Å²) in [7, 11) is 0. The highest BCUT2D eigenvalue weighted by Gasteiger charge is 2.00. The van der Waals surface area contributed by atoms with Crippen molar-refractivity contribution >= 4 is 0 Å². The van der Waals surface area contributed by atoms with Crippen molar-refractivity contribution in [2.24, 2.45) is 5.73 Å². The van der Waals surface area contributed by atoms with E-state index in [1.165, 1.54) is 0 Å². The standard InChI is InChI=1S/C8H13N3/c1-3-7-4-10-8(6(2)9)11-5-7/h4-6H,3,9H2,1-2H3. The molecule has 0 radical (unpaired) electrons. The van der Waals surface area contributed by atoms with Crippen LogP contribution < -0.4 is 5.73 Å². The Morgan fingerprint density at radius 3 is 2.36 bits per heavy atom. The second-order valence-corrected chi connectivity index (χ2v) is 2.59. The third-order valence-electron chi connectivity index (χ3n) is 1.54. The topological polar surface area (TPSA) is 51.8 Å². The first kappa shape index (κ1) is 8.14. The Hall–Kier alpha value is -0.960. The Balaban J connectivity index is 2.83. The van der Waals surface area contributed by atoms with Crippen LogP contribution in [0.4, 0.5) is 0 Å². The molecule has 0 saturated heterocycles. The summed E-state index contributed by atoms with van der Waals surface area (Å²) >= 11 is 0. The molecule has 0 saturated carbocycles. The highest BCUT2D eigenvalue weighted by atomic mass is 14.9. The van der Waals surface area contributed by atoms with Crippen LogP contribution in [-0.4, -0.2) is 9.97 Å². The molecule has 0 fully saturated rings. The molecule has 3 heteroatoms. The van der Waals surface area contributed by atoms with E-state index < -0.39 is 0 Å². The van der Waals surface area contributed by atoms with E-state index in [1.54, 1.807) is 0 Å². The fourth-order valence-corrected chi connectivity index (χ4v) is 0.782. The lowest BCUT2D eigenvalue weighted by Crippen LogP contribution is -2.09. The van der Waals surface area contributed by atoms with Crippen LogP contribution in [0.3, 0.4) is 0 Å². The van der Waals surface area contributed by atoms with Gasteiger partial charge in [-0.3, -0.25) is 0 Å². The summed E-state index contributed by atoms with van der Waals surface area (Å²) in [6, 6.07) is -0.0686. The fraction of sp³-hybridized carbons (Fsp3) is 0.500. The van der Waals surface area contributed by atoms with Crippen LogP contribution in [0.25, 0.3) is 0 Å². The molecule has 1 aromatic rings. The zero-order valence-electron chi connectivity index (χ0n) is 6.91. The van der Waals surface area contributed by atoms with E-state index in [9.17, 15) is 0 Å². The van der Waals surface area contributed by atoms with Crippen molar-refractivity contribution in [3.8, 4) is 0 Å². The predicted molar refractivity (Wildman–Crippen MR) is 44.0 cm³/mol. The number of hydrogen-bond donors (Lipinski definition) is 1. The highest BCUT2D eigenvalue weighted by molar-refractivity contribution is 5.05. The van der Waals surface area contributed by atoms with E-state index in [4.69, 9.17) is 5.73 Å². The van der Waals surface area contributed by atoms with Gasteiger partial charge in [0.05, 0.1) is 6.04 Å². The van der Waals surface area contributed by atoms with Gasteiger partial charge in [-0.1, -0.05) is 6.92 Å². The van der Waals surface area contributed by atoms with Gasteiger partial charge in [-0.2, -0.15) is 0 Å². The molecule has 0 amide bonds. The average molecular weight is 151 g/mol. The van der Waals surface area contributed by atoms with E-state index in [0.29, 0.717) is 5.82 Å². The van der Waals surface area contributed by atoms with E-state index in [1.807, 2.05) is 19.3 Å². The van der Waals surface area contributed by atoms with E-state index in [2.05, 4.69) is 16.9 Å². The Morgan fingerprint density at radius 2 is 2.00 bits per heavy atom. The molecule has 0 aliphatic heterocycles. The monoisotopic (exact) mass is 151 g/mol. The largest absolute Gasteiger partial charge is 0.322 e. The van der Waals surface area contributed by atoms with Gasteiger partial charge in [0, 0.05) is 12.4 Å². The molecule has 1 atom stereocenters. The first-order chi connectivity index (χ1) is 5.24. The molecule has 11 heavy (non-hydrogen) atoms. The normalized spacial score (nSPS) is 13.0. The van der Waals surface area contributed by atoms with Crippen LogP contribution >= 0.6 is 0 Å². The maximum atomic E-state index is 5.58. The predicted octanol–water partition coefficient (Wildman–Crippen LogP) is 1.06. The molecule has 1 aromatic heterocycles. The van der Waals surface area contributed by atoms with Crippen molar-refractivity contribution in [2.45, 2.75) is 26.3 Å². The van der Waals surface area contributed by atoms with Crippen molar-refractivity contribution in [3.05, 3.63) is 23.8 Å². The average Bonchev–Trinajstić information content (AvgIpc) is 2.05. The molecule has 60 valence electrons. The molecule has 1 rings (SSSR count). The van der Waals surface area contributed by atoms with Gasteiger partial charge >= 0.3 is 0 Å². The SMILES string of the molecule is CCc1cnc(C(C)N)nc1. The molecule has 0 aliphatic rings. The van der Waals surface area contributed by atoms with Crippen molar-refractivity contribution < 1.29 is 0 Å². The second kappa shape index (κ2) is 3.44. The quantitative estimate of drug-likeness (QED) is 0.687. The number of aryl methyl sites for hydroxylation is 1. The van der Waals surface area contributed by atoms with Crippen LogP contribution in [0, 0.1) is 0 Å². The maximum absolute atomic E-state index is 5.58. The Morgan fingerprint density at radius 1 is 1.45 bits per heavy atom. The van der Waals surface area contributed by atoms with Crippen LogP contribution in [0.15, 0.2) is 12.4 Å². The Labute approximate surface area is 66.7 Å². The summed E-state index contributed by atoms with van der Waals surface area (Å²) in [6.07, 6.45) is 4.62. The van der Waals surface area contributed by atoms with Gasteiger partial charge in [0.2, 0.25) is 0 Å². The van der Waals surface area contributed by atoms with Crippen LogP contribution in [0.5, 0.6) is 0 Å². The first-order valence-electron chi connectivity index (χ1n) is 3.80. The van der Waals surface area contributed by atoms with Gasteiger partial charge in [0.25, 0.3) is 0 Å². The highest BCUT2D eigenvalue weighted by Crippen LogP contribution is 2.02. The zero-order valence-corrected chi connectivity index (χ0v) is 6.91. The third kappa shape index (κ3) is 1.98. The maximum Gasteiger partial charge on any atom is 0.144 e. The summed E-state index contributed by atoms with van der Waals surface area (Å²) in [5, 5.41) is 0. The van der Waals surface area contributed by atoms with Gasteiger partial charge in [-0.05, 0) is 18.9 Å². The van der Waals surface area contributed by atoms with E-state index in [0.717, 1.165) is 12.0 Å². The van der Waals surface area contributed by atoms with Crippen LogP contribution in [-0.2, 0) is 6.42 Å². The first-order valence-corrected chi connectivity index (χ1v) is 3.80. The number of nitrogens with zero attached hydrogens (tertiary/aromatic N) is 2. The molecular weight excluding hydrogens is 138 g/mol. The molecule has 0 spiro atoms. The van der Waals surface area contributed by atoms with Crippen molar-refractivity contribution in [3.63, 3.8) is 0 Å². The van der Waals surface area contributed by atoms with E-state index >= 15 is 0 Å². The molecule has 0 aliphatic carbocycles. The van der Waals surface area contributed by atoms with Gasteiger partial charge < -0.3 is 5.73 Å². The number of aromatic nitrogens is 2. The molecule has 3 nitrogen and oxygen atoms in total. The van der Waals surface area contributed by atoms with Crippen molar-refractivity contribution in [1.29, 1.82) is 0 Å². The Kier molecular flexibility index (Phi) is 2.54. The summed E-state index contributed by atoms with van der Waals surface area (Å²) in [4.78, 5) is 8.23. The number of rotatable bonds is 2. The molecule has 1 unspecified atom stereocenters.